The van der Waals surface area contributed by atoms with Crippen molar-refractivity contribution in [1.29, 1.82) is 5.26 Å². The molecule has 0 bridgehead atoms. The van der Waals surface area contributed by atoms with Crippen LogP contribution in [0.15, 0.2) is 18.3 Å². The second-order valence-corrected chi connectivity index (χ2v) is 5.15. The van der Waals surface area contributed by atoms with Gasteiger partial charge in [0, 0.05) is 31.9 Å². The Labute approximate surface area is 108 Å². The van der Waals surface area contributed by atoms with Gasteiger partial charge in [-0.1, -0.05) is 6.42 Å². The zero-order chi connectivity index (χ0) is 12.4. The number of hydrogen-bond donors (Lipinski definition) is 0. The van der Waals surface area contributed by atoms with E-state index in [0.29, 0.717) is 11.6 Å². The van der Waals surface area contributed by atoms with E-state index in [2.05, 4.69) is 20.9 Å². The monoisotopic (exact) mass is 242 g/mol. The number of nitriles is 1. The molecule has 2 fully saturated rings. The molecule has 2 saturated heterocycles. The van der Waals surface area contributed by atoms with E-state index < -0.39 is 0 Å². The van der Waals surface area contributed by atoms with Crippen molar-refractivity contribution >= 4 is 5.82 Å². The van der Waals surface area contributed by atoms with E-state index in [1.54, 1.807) is 12.3 Å². The van der Waals surface area contributed by atoms with Gasteiger partial charge >= 0.3 is 0 Å². The molecule has 2 aliphatic rings. The number of nitrogens with zero attached hydrogens (tertiary/aromatic N) is 4. The first-order valence-electron chi connectivity index (χ1n) is 6.72. The third kappa shape index (κ3) is 2.19. The van der Waals surface area contributed by atoms with Crippen LogP contribution in [-0.2, 0) is 0 Å². The average Bonchev–Trinajstić information content (AvgIpc) is 2.47. The van der Waals surface area contributed by atoms with Gasteiger partial charge in [0.1, 0.15) is 5.82 Å². The molecule has 1 aromatic rings. The highest BCUT2D eigenvalue weighted by molar-refractivity contribution is 5.45. The molecule has 1 unspecified atom stereocenters. The van der Waals surface area contributed by atoms with Crippen molar-refractivity contribution in [2.24, 2.45) is 0 Å². The predicted molar refractivity (Wildman–Crippen MR) is 70.4 cm³/mol. The van der Waals surface area contributed by atoms with Gasteiger partial charge in [-0.25, -0.2) is 4.98 Å². The summed E-state index contributed by atoms with van der Waals surface area (Å²) in [6.45, 7) is 4.47. The maximum Gasteiger partial charge on any atom is 0.129 e. The summed E-state index contributed by atoms with van der Waals surface area (Å²) in [5.74, 6) is 0.958. The Bertz CT molecular complexity index is 465. The fourth-order valence-electron chi connectivity index (χ4n) is 3.02. The van der Waals surface area contributed by atoms with Crippen molar-refractivity contribution in [3.8, 4) is 6.07 Å². The van der Waals surface area contributed by atoms with Gasteiger partial charge in [-0.2, -0.15) is 5.26 Å². The van der Waals surface area contributed by atoms with Crippen molar-refractivity contribution in [3.05, 3.63) is 23.9 Å². The lowest BCUT2D eigenvalue weighted by Gasteiger charge is -2.44. The molecule has 94 valence electrons. The number of rotatable bonds is 1. The van der Waals surface area contributed by atoms with Crippen molar-refractivity contribution in [3.63, 3.8) is 0 Å². The van der Waals surface area contributed by atoms with Crippen LogP contribution in [-0.4, -0.2) is 42.1 Å². The van der Waals surface area contributed by atoms with Gasteiger partial charge in [0.15, 0.2) is 0 Å². The molecule has 0 aromatic carbocycles. The minimum atomic E-state index is 0.681. The van der Waals surface area contributed by atoms with Crippen LogP contribution < -0.4 is 4.90 Å². The van der Waals surface area contributed by atoms with E-state index in [-0.39, 0.29) is 0 Å². The number of piperidine rings is 1. The molecule has 4 nitrogen and oxygen atoms in total. The quantitative estimate of drug-likeness (QED) is 0.750. The maximum atomic E-state index is 8.94. The van der Waals surface area contributed by atoms with Crippen LogP contribution in [0, 0.1) is 11.3 Å². The molecule has 4 heteroatoms. The Hall–Kier alpha value is -1.60. The fraction of sp³-hybridized carbons (Fsp3) is 0.571. The highest BCUT2D eigenvalue weighted by Crippen LogP contribution is 2.24. The topological polar surface area (TPSA) is 43.2 Å². The molecular formula is C14H18N4. The Balaban J connectivity index is 1.75. The zero-order valence-electron chi connectivity index (χ0n) is 10.5. The highest BCUT2D eigenvalue weighted by Gasteiger charge is 2.29. The van der Waals surface area contributed by atoms with Crippen LogP contribution in [0.5, 0.6) is 0 Å². The van der Waals surface area contributed by atoms with Crippen molar-refractivity contribution in [1.82, 2.24) is 9.88 Å². The second kappa shape index (κ2) is 4.95. The molecule has 0 aliphatic carbocycles. The summed E-state index contributed by atoms with van der Waals surface area (Å²) in [5.41, 5.74) is 0.700. The summed E-state index contributed by atoms with van der Waals surface area (Å²) in [4.78, 5) is 9.34. The van der Waals surface area contributed by atoms with Gasteiger partial charge in [-0.3, -0.25) is 4.90 Å². The molecule has 18 heavy (non-hydrogen) atoms. The Morgan fingerprint density at radius 3 is 3.11 bits per heavy atom. The van der Waals surface area contributed by atoms with Crippen molar-refractivity contribution in [2.45, 2.75) is 25.3 Å². The van der Waals surface area contributed by atoms with Gasteiger partial charge in [-0.05, 0) is 31.5 Å². The molecular weight excluding hydrogens is 224 g/mol. The van der Waals surface area contributed by atoms with E-state index in [0.717, 1.165) is 25.5 Å². The number of anilines is 1. The molecule has 1 aromatic heterocycles. The molecule has 0 N–H and O–H groups in total. The summed E-state index contributed by atoms with van der Waals surface area (Å²) in [5, 5.41) is 8.94. The smallest absolute Gasteiger partial charge is 0.129 e. The molecule has 2 aliphatic heterocycles. The summed E-state index contributed by atoms with van der Waals surface area (Å²) >= 11 is 0. The van der Waals surface area contributed by atoms with Gasteiger partial charge in [0.05, 0.1) is 11.6 Å². The van der Waals surface area contributed by atoms with E-state index in [4.69, 9.17) is 5.26 Å². The van der Waals surface area contributed by atoms with Gasteiger partial charge in [-0.15, -0.1) is 0 Å². The predicted octanol–water partition coefficient (Wildman–Crippen LogP) is 1.63. The first-order chi connectivity index (χ1) is 8.86. The van der Waals surface area contributed by atoms with E-state index >= 15 is 0 Å². The zero-order valence-corrected chi connectivity index (χ0v) is 10.5. The van der Waals surface area contributed by atoms with Gasteiger partial charge in [0.2, 0.25) is 0 Å². The van der Waals surface area contributed by atoms with Crippen molar-refractivity contribution in [2.75, 3.05) is 31.1 Å². The van der Waals surface area contributed by atoms with Gasteiger partial charge < -0.3 is 4.90 Å². The number of hydrogen-bond acceptors (Lipinski definition) is 4. The summed E-state index contributed by atoms with van der Waals surface area (Å²) in [6, 6.07) is 6.53. The molecule has 0 spiro atoms. The van der Waals surface area contributed by atoms with Crippen LogP contribution in [0.4, 0.5) is 5.82 Å². The molecule has 3 rings (SSSR count). The maximum absolute atomic E-state index is 8.94. The average molecular weight is 242 g/mol. The molecule has 3 heterocycles. The molecule has 1 atom stereocenters. The van der Waals surface area contributed by atoms with Crippen LogP contribution in [0.2, 0.25) is 0 Å². The minimum absolute atomic E-state index is 0.681. The summed E-state index contributed by atoms with van der Waals surface area (Å²) in [7, 11) is 0. The van der Waals surface area contributed by atoms with Crippen LogP contribution in [0.25, 0.3) is 0 Å². The molecule has 0 amide bonds. The van der Waals surface area contributed by atoms with E-state index in [9.17, 15) is 0 Å². The van der Waals surface area contributed by atoms with Crippen LogP contribution >= 0.6 is 0 Å². The SMILES string of the molecule is N#Cc1ccnc(N2CCN3CCCCC3C2)c1. The second-order valence-electron chi connectivity index (χ2n) is 5.15. The third-order valence-electron chi connectivity index (χ3n) is 4.04. The van der Waals surface area contributed by atoms with Gasteiger partial charge in [0.25, 0.3) is 0 Å². The molecule has 0 radical (unpaired) electrons. The normalized spacial score (nSPS) is 24.4. The fourth-order valence-corrected chi connectivity index (χ4v) is 3.02. The number of fused-ring (bicyclic) bond motifs is 1. The number of aromatic nitrogens is 1. The summed E-state index contributed by atoms with van der Waals surface area (Å²) < 4.78 is 0. The van der Waals surface area contributed by atoms with Crippen molar-refractivity contribution < 1.29 is 0 Å². The number of piperazine rings is 1. The Morgan fingerprint density at radius 2 is 2.22 bits per heavy atom. The first kappa shape index (κ1) is 11.5. The lowest BCUT2D eigenvalue weighted by atomic mass is 9.99. The standard InChI is InChI=1S/C14H18N4/c15-10-12-4-5-16-14(9-12)18-8-7-17-6-2-1-3-13(17)11-18/h4-5,9,13H,1-3,6-8,11H2. The summed E-state index contributed by atoms with van der Waals surface area (Å²) in [6.07, 6.45) is 5.73. The largest absolute Gasteiger partial charge is 0.354 e. The lowest BCUT2D eigenvalue weighted by Crippen LogP contribution is -2.55. The number of pyridine rings is 1. The van der Waals surface area contributed by atoms with E-state index in [1.807, 2.05) is 6.07 Å². The van der Waals surface area contributed by atoms with E-state index in [1.165, 1.54) is 25.8 Å². The Morgan fingerprint density at radius 1 is 1.28 bits per heavy atom. The van der Waals surface area contributed by atoms with Crippen LogP contribution in [0.3, 0.4) is 0 Å². The Kier molecular flexibility index (Phi) is 3.16. The highest BCUT2D eigenvalue weighted by atomic mass is 15.3. The minimum Gasteiger partial charge on any atom is -0.354 e. The van der Waals surface area contributed by atoms with Crippen LogP contribution in [0.1, 0.15) is 24.8 Å². The lowest BCUT2D eigenvalue weighted by molar-refractivity contribution is 0.133. The molecule has 0 saturated carbocycles. The first-order valence-corrected chi connectivity index (χ1v) is 6.72. The third-order valence-corrected chi connectivity index (χ3v) is 4.04.